The predicted octanol–water partition coefficient (Wildman–Crippen LogP) is 1.83. The number of hydrogen-bond donors (Lipinski definition) is 1. The van der Waals surface area contributed by atoms with Gasteiger partial charge in [0, 0.05) is 6.92 Å². The molecule has 0 heterocycles. The summed E-state index contributed by atoms with van der Waals surface area (Å²) in [5.74, 6) is 0. The third kappa shape index (κ3) is 2.73. The van der Waals surface area contributed by atoms with Gasteiger partial charge in [-0.1, -0.05) is 0 Å². The minimum atomic E-state index is -0.920. The highest BCUT2D eigenvalue weighted by Gasteiger charge is 2.55. The van der Waals surface area contributed by atoms with Crippen LogP contribution in [0.15, 0.2) is 0 Å². The predicted molar refractivity (Wildman–Crippen MR) is 43.6 cm³/mol. The first-order chi connectivity index (χ1) is 5.06. The molecule has 0 saturated carbocycles. The summed E-state index contributed by atoms with van der Waals surface area (Å²) in [5, 5.41) is 9.11. The van der Waals surface area contributed by atoms with Crippen molar-refractivity contribution in [3.8, 4) is 12.1 Å². The van der Waals surface area contributed by atoms with E-state index >= 15 is 0 Å². The zero-order valence-electron chi connectivity index (χ0n) is 6.74. The van der Waals surface area contributed by atoms with Crippen LogP contribution in [-0.2, 0) is 0 Å². The van der Waals surface area contributed by atoms with E-state index in [4.69, 9.17) is 16.9 Å². The maximum absolute atomic E-state index is 9.11. The summed E-state index contributed by atoms with van der Waals surface area (Å²) in [7, 11) is 0. The number of aliphatic hydroxyl groups excluding tert-OH is 1. The molecule has 0 spiro atoms. The van der Waals surface area contributed by atoms with Crippen molar-refractivity contribution in [3.05, 3.63) is 9.91 Å². The van der Waals surface area contributed by atoms with Crippen LogP contribution in [0.25, 0.3) is 9.91 Å². The van der Waals surface area contributed by atoms with Crippen LogP contribution >= 0.6 is 11.8 Å². The summed E-state index contributed by atoms with van der Waals surface area (Å²) in [5.41, 5.74) is 0. The summed E-state index contributed by atoms with van der Waals surface area (Å²) >= 11 is 5.70. The number of quaternary nitrogens is 1. The van der Waals surface area contributed by atoms with Gasteiger partial charge in [0.05, 0.1) is 13.8 Å². The van der Waals surface area contributed by atoms with Crippen LogP contribution < -0.4 is 0 Å². The van der Waals surface area contributed by atoms with Crippen LogP contribution in [0.1, 0.15) is 20.8 Å². The standard InChI is InChI=1S/C6H11ClN3O/c1-4-8-10(7,6(3)11)9-5-2/h6,11H,1-3H3/q+3. The molecule has 0 rings (SSSR count). The van der Waals surface area contributed by atoms with Crippen molar-refractivity contribution < 1.29 is 9.33 Å². The fraction of sp³-hybridized carbons (Fsp3) is 0.667. The van der Waals surface area contributed by atoms with Gasteiger partial charge in [-0.3, -0.25) is 0 Å². The van der Waals surface area contributed by atoms with Crippen molar-refractivity contribution in [2.75, 3.05) is 0 Å². The summed E-state index contributed by atoms with van der Waals surface area (Å²) in [6.45, 7) is 4.63. The van der Waals surface area contributed by atoms with Gasteiger partial charge in [-0.15, -0.1) is 0 Å². The van der Waals surface area contributed by atoms with E-state index in [1.165, 1.54) is 6.92 Å². The van der Waals surface area contributed by atoms with Crippen LogP contribution in [0.3, 0.4) is 0 Å². The molecular formula is C6H11ClN3O+3. The van der Waals surface area contributed by atoms with Crippen LogP contribution in [0.2, 0.25) is 0 Å². The molecule has 4 nitrogen and oxygen atoms in total. The molecule has 0 aromatic heterocycles. The third-order valence-electron chi connectivity index (χ3n) is 0.956. The second kappa shape index (κ2) is 4.15. The van der Waals surface area contributed by atoms with Crippen LogP contribution in [0.5, 0.6) is 0 Å². The van der Waals surface area contributed by atoms with Gasteiger partial charge < -0.3 is 5.11 Å². The third-order valence-corrected chi connectivity index (χ3v) is 1.39. The van der Waals surface area contributed by atoms with Crippen LogP contribution in [0.4, 0.5) is 0 Å². The van der Waals surface area contributed by atoms with Gasteiger partial charge in [-0.2, -0.15) is 0 Å². The molecule has 0 aromatic carbocycles. The molecule has 0 amide bonds. The molecule has 1 atom stereocenters. The topological polar surface area (TPSA) is 29.0 Å². The molecular weight excluding hydrogens is 166 g/mol. The normalized spacial score (nSPS) is 12.1. The first-order valence-corrected chi connectivity index (χ1v) is 3.45. The van der Waals surface area contributed by atoms with Gasteiger partial charge in [0.15, 0.2) is 0 Å². The fourth-order valence-corrected chi connectivity index (χ4v) is 0.621. The minimum Gasteiger partial charge on any atom is -0.333 e. The SMILES string of the molecule is CC#[N+][N+](Cl)([N+]#CC)C(C)O. The minimum absolute atomic E-state index is 0.701. The van der Waals surface area contributed by atoms with Crippen molar-refractivity contribution in [2.24, 2.45) is 0 Å². The van der Waals surface area contributed by atoms with Gasteiger partial charge >= 0.3 is 34.4 Å². The van der Waals surface area contributed by atoms with E-state index in [9.17, 15) is 0 Å². The molecule has 0 radical (unpaired) electrons. The number of rotatable bonds is 1. The van der Waals surface area contributed by atoms with Crippen molar-refractivity contribution in [3.63, 3.8) is 0 Å². The molecule has 0 aliphatic carbocycles. The molecule has 0 aliphatic rings. The van der Waals surface area contributed by atoms with Gasteiger partial charge in [-0.25, -0.2) is 0 Å². The van der Waals surface area contributed by atoms with Crippen molar-refractivity contribution in [1.82, 2.24) is 0 Å². The monoisotopic (exact) mass is 176 g/mol. The summed E-state index contributed by atoms with van der Waals surface area (Å²) in [6.07, 6.45) is -0.920. The molecule has 0 aliphatic heterocycles. The smallest absolute Gasteiger partial charge is 0.333 e. The lowest BCUT2D eigenvalue weighted by molar-refractivity contribution is -0.772. The lowest BCUT2D eigenvalue weighted by atomic mass is 10.7. The van der Waals surface area contributed by atoms with Crippen molar-refractivity contribution in [1.29, 1.82) is 0 Å². The first-order valence-electron chi connectivity index (χ1n) is 3.11. The molecule has 0 saturated heterocycles. The molecule has 1 N–H and O–H groups in total. The van der Waals surface area contributed by atoms with E-state index in [-0.39, 0.29) is 0 Å². The quantitative estimate of drug-likeness (QED) is 0.369. The van der Waals surface area contributed by atoms with Gasteiger partial charge in [-0.05, 0) is 0 Å². The average molecular weight is 177 g/mol. The van der Waals surface area contributed by atoms with Crippen LogP contribution in [-0.4, -0.2) is 15.6 Å². The average Bonchev–Trinajstić information content (AvgIpc) is 1.88. The largest absolute Gasteiger partial charge is 0.441 e. The Bertz CT molecular complexity index is 222. The zero-order valence-corrected chi connectivity index (χ0v) is 7.50. The molecule has 11 heavy (non-hydrogen) atoms. The maximum Gasteiger partial charge on any atom is 0.441 e. The van der Waals surface area contributed by atoms with E-state index in [0.717, 1.165) is 0 Å². The van der Waals surface area contributed by atoms with Crippen molar-refractivity contribution in [2.45, 2.75) is 27.0 Å². The Labute approximate surface area is 70.9 Å². The Kier molecular flexibility index (Phi) is 3.84. The van der Waals surface area contributed by atoms with E-state index < -0.39 is 10.4 Å². The maximum atomic E-state index is 9.11. The van der Waals surface area contributed by atoms with E-state index in [1.807, 2.05) is 0 Å². The Morgan fingerprint density at radius 2 is 1.73 bits per heavy atom. The Balaban J connectivity index is 4.71. The Morgan fingerprint density at radius 1 is 1.36 bits per heavy atom. The molecule has 0 aromatic rings. The first kappa shape index (κ1) is 10.2. The Morgan fingerprint density at radius 3 is 1.91 bits per heavy atom. The fourth-order valence-electron chi connectivity index (χ4n) is 0.470. The Hall–Kier alpha value is -0.810. The van der Waals surface area contributed by atoms with Gasteiger partial charge in [0.25, 0.3) is 9.91 Å². The van der Waals surface area contributed by atoms with Crippen molar-refractivity contribution >= 4 is 11.8 Å². The second-order valence-electron chi connectivity index (χ2n) is 1.85. The van der Waals surface area contributed by atoms with E-state index in [0.29, 0.717) is 0 Å². The zero-order chi connectivity index (χ0) is 8.91. The van der Waals surface area contributed by atoms with E-state index in [2.05, 4.69) is 22.0 Å². The van der Waals surface area contributed by atoms with Crippen LogP contribution in [0, 0.1) is 12.1 Å². The van der Waals surface area contributed by atoms with Gasteiger partial charge in [0.2, 0.25) is 0 Å². The molecule has 0 fully saturated rings. The highest BCUT2D eigenvalue weighted by atomic mass is 35.5. The molecule has 1 unspecified atom stereocenters. The van der Waals surface area contributed by atoms with Gasteiger partial charge in [0.1, 0.15) is 0 Å². The number of hydrogen-bond acceptors (Lipinski definition) is 1. The summed E-state index contributed by atoms with van der Waals surface area (Å²) in [4.78, 5) is 7.24. The van der Waals surface area contributed by atoms with E-state index in [1.54, 1.807) is 13.8 Å². The molecule has 60 valence electrons. The summed E-state index contributed by atoms with van der Waals surface area (Å²) < 4.78 is -0.701. The molecule has 0 bridgehead atoms. The molecule has 5 heteroatoms. The summed E-state index contributed by atoms with van der Waals surface area (Å²) in [6, 6.07) is 4.89. The second-order valence-corrected chi connectivity index (χ2v) is 2.35. The lowest BCUT2D eigenvalue weighted by Gasteiger charge is -1.91. The lowest BCUT2D eigenvalue weighted by Crippen LogP contribution is -2.32. The highest BCUT2D eigenvalue weighted by molar-refractivity contribution is 6.07. The number of aliphatic hydroxyl groups is 1. The number of halogens is 1. The highest BCUT2D eigenvalue weighted by Crippen LogP contribution is 2.19. The number of nitrogens with zero attached hydrogens (tertiary/aromatic N) is 3.